The van der Waals surface area contributed by atoms with Gasteiger partial charge >= 0.3 is 12.1 Å². The van der Waals surface area contributed by atoms with Crippen LogP contribution in [0, 0.1) is 0 Å². The average Bonchev–Trinajstić information content (AvgIpc) is 2.65. The Hall–Kier alpha value is -2.34. The molecule has 0 unspecified atom stereocenters. The lowest BCUT2D eigenvalue weighted by molar-refractivity contribution is -0.147. The van der Waals surface area contributed by atoms with E-state index in [-0.39, 0.29) is 24.1 Å². The van der Waals surface area contributed by atoms with Crippen LogP contribution < -0.4 is 0 Å². The first-order valence-corrected chi connectivity index (χ1v) is 11.0. The van der Waals surface area contributed by atoms with Gasteiger partial charge in [-0.15, -0.1) is 0 Å². The number of rotatable bonds is 2. The van der Waals surface area contributed by atoms with Crippen LogP contribution in [0.1, 0.15) is 77.5 Å². The van der Waals surface area contributed by atoms with Gasteiger partial charge in [-0.05, 0) is 83.6 Å². The molecule has 0 bridgehead atoms. The van der Waals surface area contributed by atoms with E-state index in [4.69, 9.17) is 9.47 Å². The minimum Gasteiger partial charge on any atom is -0.456 e. The van der Waals surface area contributed by atoms with Gasteiger partial charge in [0, 0.05) is 18.5 Å². The molecule has 0 saturated carbocycles. The minimum atomic E-state index is -0.583. The van der Waals surface area contributed by atoms with Crippen molar-refractivity contribution in [2.24, 2.45) is 0 Å². The molecule has 170 valence electrons. The topological polar surface area (TPSA) is 76.1 Å². The smallest absolute Gasteiger partial charge is 0.410 e. The zero-order valence-corrected chi connectivity index (χ0v) is 19.6. The number of fused-ring (bicyclic) bond motifs is 2. The van der Waals surface area contributed by atoms with Gasteiger partial charge in [-0.2, -0.15) is 0 Å². The number of aliphatic hydroxyl groups is 1. The van der Waals surface area contributed by atoms with E-state index >= 15 is 0 Å². The number of benzene rings is 1. The molecule has 1 N–H and O–H groups in total. The van der Waals surface area contributed by atoms with Crippen molar-refractivity contribution in [1.29, 1.82) is 0 Å². The van der Waals surface area contributed by atoms with E-state index < -0.39 is 11.2 Å². The number of carbonyl (C=O) groups excluding carboxylic acids is 2. The Morgan fingerprint density at radius 3 is 2.19 bits per heavy atom. The Morgan fingerprint density at radius 1 is 1.03 bits per heavy atom. The third-order valence-electron chi connectivity index (χ3n) is 5.82. The summed E-state index contributed by atoms with van der Waals surface area (Å²) in [5.41, 5.74) is 2.00. The maximum Gasteiger partial charge on any atom is 0.410 e. The van der Waals surface area contributed by atoms with Crippen LogP contribution in [-0.2, 0) is 26.3 Å². The fourth-order valence-electron chi connectivity index (χ4n) is 4.34. The summed E-state index contributed by atoms with van der Waals surface area (Å²) in [7, 11) is 0. The molecule has 0 aromatic heterocycles. The Balaban J connectivity index is 1.87. The fourth-order valence-corrected chi connectivity index (χ4v) is 4.34. The summed E-state index contributed by atoms with van der Waals surface area (Å²) in [6.45, 7) is 12.3. The van der Waals surface area contributed by atoms with Crippen molar-refractivity contribution < 1.29 is 24.2 Å². The van der Waals surface area contributed by atoms with Crippen LogP contribution in [0.5, 0.6) is 0 Å². The lowest BCUT2D eigenvalue weighted by atomic mass is 9.65. The van der Waals surface area contributed by atoms with Gasteiger partial charge < -0.3 is 19.5 Å². The monoisotopic (exact) mass is 429 g/mol. The molecule has 1 aliphatic heterocycles. The van der Waals surface area contributed by atoms with E-state index in [1.807, 2.05) is 65.8 Å². The number of ether oxygens (including phenoxy) is 2. The number of aliphatic hydroxyl groups excluding tert-OH is 1. The first-order chi connectivity index (χ1) is 14.3. The predicted molar refractivity (Wildman–Crippen MR) is 120 cm³/mol. The van der Waals surface area contributed by atoms with Gasteiger partial charge in [-0.3, -0.25) is 0 Å². The van der Waals surface area contributed by atoms with Crippen molar-refractivity contribution in [3.63, 3.8) is 0 Å². The number of hydrogen-bond acceptors (Lipinski definition) is 5. The Kier molecular flexibility index (Phi) is 6.25. The maximum absolute atomic E-state index is 12.9. The summed E-state index contributed by atoms with van der Waals surface area (Å²) in [6.07, 6.45) is 3.99. The summed E-state index contributed by atoms with van der Waals surface area (Å²) in [5.74, 6) is -0.343. The molecule has 31 heavy (non-hydrogen) atoms. The highest BCUT2D eigenvalue weighted by Crippen LogP contribution is 2.46. The van der Waals surface area contributed by atoms with Crippen LogP contribution in [0.25, 0.3) is 5.57 Å². The molecule has 2 aliphatic rings. The molecule has 6 heteroatoms. The number of esters is 1. The van der Waals surface area contributed by atoms with Crippen LogP contribution in [-0.4, -0.2) is 46.4 Å². The lowest BCUT2D eigenvalue weighted by Crippen LogP contribution is -2.47. The highest BCUT2D eigenvalue weighted by Gasteiger charge is 2.42. The highest BCUT2D eigenvalue weighted by molar-refractivity contribution is 6.17. The zero-order chi connectivity index (χ0) is 23.0. The molecule has 3 rings (SSSR count). The maximum atomic E-state index is 12.9. The second kappa shape index (κ2) is 8.30. The predicted octanol–water partition coefficient (Wildman–Crippen LogP) is 4.58. The Bertz CT molecular complexity index is 880. The number of hydrogen-bond donors (Lipinski definition) is 1. The van der Waals surface area contributed by atoms with Crippen molar-refractivity contribution in [3.8, 4) is 0 Å². The average molecular weight is 430 g/mol. The normalized spacial score (nSPS) is 18.3. The van der Waals surface area contributed by atoms with Gasteiger partial charge in [-0.1, -0.05) is 18.2 Å². The number of piperidine rings is 1. The first kappa shape index (κ1) is 23.3. The third kappa shape index (κ3) is 5.29. The summed E-state index contributed by atoms with van der Waals surface area (Å²) >= 11 is 0. The highest BCUT2D eigenvalue weighted by atomic mass is 16.6. The SMILES string of the molecule is CC(C)(C)OC(=O)C1=CCC2(CCN(C(=O)OC(C)(C)C)CC2)c2ccc(CO)cc21. The largest absolute Gasteiger partial charge is 0.456 e. The molecule has 1 spiro atoms. The van der Waals surface area contributed by atoms with Gasteiger partial charge in [-0.25, -0.2) is 9.59 Å². The first-order valence-electron chi connectivity index (χ1n) is 11.0. The Labute approximate surface area is 185 Å². The number of allylic oxidation sites excluding steroid dienone is 1. The fraction of sp³-hybridized carbons (Fsp3) is 0.600. The second-order valence-electron chi connectivity index (χ2n) is 10.6. The molecule has 1 fully saturated rings. The molecule has 1 aliphatic carbocycles. The standard InChI is InChI=1S/C25H35NO5/c1-23(2,3)30-21(28)18-9-10-25(20-8-7-17(16-27)15-19(18)20)11-13-26(14-12-25)22(29)31-24(4,5)6/h7-9,15,27H,10-14,16H2,1-6H3. The van der Waals surface area contributed by atoms with E-state index in [0.29, 0.717) is 18.7 Å². The molecule has 1 aromatic rings. The van der Waals surface area contributed by atoms with E-state index in [1.165, 1.54) is 0 Å². The van der Waals surface area contributed by atoms with E-state index in [1.54, 1.807) is 4.90 Å². The molecular weight excluding hydrogens is 394 g/mol. The molecule has 1 aromatic carbocycles. The summed E-state index contributed by atoms with van der Waals surface area (Å²) in [4.78, 5) is 27.2. The number of nitrogens with zero attached hydrogens (tertiary/aromatic N) is 1. The van der Waals surface area contributed by atoms with Gasteiger partial charge in [0.1, 0.15) is 11.2 Å². The molecular formula is C25H35NO5. The van der Waals surface area contributed by atoms with Crippen LogP contribution >= 0.6 is 0 Å². The van der Waals surface area contributed by atoms with E-state index in [2.05, 4.69) is 0 Å². The van der Waals surface area contributed by atoms with Crippen LogP contribution in [0.3, 0.4) is 0 Å². The zero-order valence-electron chi connectivity index (χ0n) is 19.6. The number of amides is 1. The van der Waals surface area contributed by atoms with Gasteiger partial charge in [0.25, 0.3) is 0 Å². The molecule has 0 atom stereocenters. The quantitative estimate of drug-likeness (QED) is 0.697. The summed E-state index contributed by atoms with van der Waals surface area (Å²) < 4.78 is 11.2. The molecule has 1 heterocycles. The van der Waals surface area contributed by atoms with Gasteiger partial charge in [0.2, 0.25) is 0 Å². The minimum absolute atomic E-state index is 0.0890. The Morgan fingerprint density at radius 2 is 1.65 bits per heavy atom. The second-order valence-corrected chi connectivity index (χ2v) is 10.6. The number of likely N-dealkylation sites (tertiary alicyclic amines) is 1. The van der Waals surface area contributed by atoms with Crippen molar-refractivity contribution in [3.05, 3.63) is 41.0 Å². The van der Waals surface area contributed by atoms with Gasteiger partial charge in [0.15, 0.2) is 0 Å². The van der Waals surface area contributed by atoms with Crippen molar-refractivity contribution in [1.82, 2.24) is 4.90 Å². The lowest BCUT2D eigenvalue weighted by Gasteiger charge is -2.44. The third-order valence-corrected chi connectivity index (χ3v) is 5.82. The van der Waals surface area contributed by atoms with E-state index in [9.17, 15) is 14.7 Å². The summed E-state index contributed by atoms with van der Waals surface area (Å²) in [5, 5.41) is 9.65. The van der Waals surface area contributed by atoms with Crippen LogP contribution in [0.15, 0.2) is 24.3 Å². The molecule has 1 amide bonds. The molecule has 1 saturated heterocycles. The van der Waals surface area contributed by atoms with Crippen molar-refractivity contribution in [2.75, 3.05) is 13.1 Å². The van der Waals surface area contributed by atoms with Crippen LogP contribution in [0.4, 0.5) is 4.79 Å². The van der Waals surface area contributed by atoms with E-state index in [0.717, 1.165) is 36.0 Å². The van der Waals surface area contributed by atoms with Crippen LogP contribution in [0.2, 0.25) is 0 Å². The molecule has 6 nitrogen and oxygen atoms in total. The molecule has 0 radical (unpaired) electrons. The van der Waals surface area contributed by atoms with Crippen molar-refractivity contribution in [2.45, 2.75) is 84.0 Å². The van der Waals surface area contributed by atoms with Gasteiger partial charge in [0.05, 0.1) is 12.2 Å². The van der Waals surface area contributed by atoms with Crippen molar-refractivity contribution >= 4 is 17.6 Å². The number of carbonyl (C=O) groups is 2. The summed E-state index contributed by atoms with van der Waals surface area (Å²) in [6, 6.07) is 5.84.